The molecule has 0 spiro atoms. The van der Waals surface area contributed by atoms with Crippen molar-refractivity contribution in [1.82, 2.24) is 25.0 Å². The number of anilines is 1. The average Bonchev–Trinajstić information content (AvgIpc) is 3.28. The van der Waals surface area contributed by atoms with Crippen LogP contribution in [0.3, 0.4) is 0 Å². The largest absolute Gasteiger partial charge is 0.369 e. The van der Waals surface area contributed by atoms with Gasteiger partial charge in [-0.1, -0.05) is 0 Å². The molecule has 0 aliphatic carbocycles. The molecule has 2 fully saturated rings. The third kappa shape index (κ3) is 4.19. The van der Waals surface area contributed by atoms with Crippen molar-refractivity contribution in [2.24, 2.45) is 7.05 Å². The first-order valence-corrected chi connectivity index (χ1v) is 9.35. The highest BCUT2D eigenvalue weighted by atomic mass is 35.5. The van der Waals surface area contributed by atoms with Crippen LogP contribution in [-0.2, 0) is 13.6 Å². The Balaban J connectivity index is 0.00000196. The van der Waals surface area contributed by atoms with Gasteiger partial charge in [0, 0.05) is 63.4 Å². The molecule has 0 amide bonds. The Hall–Kier alpha value is -1.63. The van der Waals surface area contributed by atoms with Crippen molar-refractivity contribution in [1.29, 1.82) is 0 Å². The van der Waals surface area contributed by atoms with E-state index >= 15 is 0 Å². The lowest BCUT2D eigenvalue weighted by Crippen LogP contribution is -2.46. The Morgan fingerprint density at radius 3 is 2.65 bits per heavy atom. The summed E-state index contributed by atoms with van der Waals surface area (Å²) in [6.07, 6.45) is 4.33. The first-order chi connectivity index (χ1) is 12.2. The molecule has 1 unspecified atom stereocenters. The van der Waals surface area contributed by atoms with E-state index in [9.17, 15) is 0 Å². The molecule has 2 aliphatic rings. The molecule has 0 aromatic carbocycles. The molecule has 2 saturated heterocycles. The molecule has 0 saturated carbocycles. The van der Waals surface area contributed by atoms with Crippen molar-refractivity contribution in [3.05, 3.63) is 41.5 Å². The second kappa shape index (κ2) is 8.37. The summed E-state index contributed by atoms with van der Waals surface area (Å²) < 4.78 is 1.97. The maximum absolute atomic E-state index is 4.78. The maximum atomic E-state index is 4.78. The maximum Gasteiger partial charge on any atom is 0.0596 e. The summed E-state index contributed by atoms with van der Waals surface area (Å²) >= 11 is 0. The third-order valence-electron chi connectivity index (χ3n) is 5.42. The Kier molecular flexibility index (Phi) is 6.16. The molecule has 0 radical (unpaired) electrons. The molecule has 6 nitrogen and oxygen atoms in total. The lowest BCUT2D eigenvalue weighted by atomic mass is 10.1. The first-order valence-electron chi connectivity index (χ1n) is 9.35. The molecule has 142 valence electrons. The summed E-state index contributed by atoms with van der Waals surface area (Å²) in [5.74, 6) is 0. The molecule has 2 aliphatic heterocycles. The summed E-state index contributed by atoms with van der Waals surface area (Å²) in [5, 5.41) is 7.84. The van der Waals surface area contributed by atoms with E-state index in [0.717, 1.165) is 45.0 Å². The van der Waals surface area contributed by atoms with Crippen LogP contribution in [0.4, 0.5) is 5.69 Å². The van der Waals surface area contributed by atoms with Crippen molar-refractivity contribution in [2.45, 2.75) is 32.4 Å². The van der Waals surface area contributed by atoms with Crippen LogP contribution in [0.1, 0.15) is 36.0 Å². The molecule has 0 bridgehead atoms. The number of nitrogens with one attached hydrogen (secondary N) is 1. The zero-order valence-corrected chi connectivity index (χ0v) is 16.5. The minimum atomic E-state index is 0. The smallest absolute Gasteiger partial charge is 0.0596 e. The van der Waals surface area contributed by atoms with Crippen molar-refractivity contribution in [3.8, 4) is 0 Å². The van der Waals surface area contributed by atoms with Crippen LogP contribution >= 0.6 is 12.4 Å². The van der Waals surface area contributed by atoms with Gasteiger partial charge < -0.3 is 10.2 Å². The third-order valence-corrected chi connectivity index (χ3v) is 5.42. The van der Waals surface area contributed by atoms with Gasteiger partial charge in [0.15, 0.2) is 0 Å². The van der Waals surface area contributed by atoms with Gasteiger partial charge in [-0.15, -0.1) is 12.4 Å². The van der Waals surface area contributed by atoms with Crippen LogP contribution in [0.25, 0.3) is 0 Å². The monoisotopic (exact) mass is 376 g/mol. The summed E-state index contributed by atoms with van der Waals surface area (Å²) in [7, 11) is 2.02. The van der Waals surface area contributed by atoms with Crippen LogP contribution in [-0.4, -0.2) is 52.4 Å². The van der Waals surface area contributed by atoms with E-state index in [2.05, 4.69) is 45.3 Å². The minimum Gasteiger partial charge on any atom is -0.369 e. The van der Waals surface area contributed by atoms with E-state index in [1.54, 1.807) is 0 Å². The first kappa shape index (κ1) is 19.1. The summed E-state index contributed by atoms with van der Waals surface area (Å²) in [5.41, 5.74) is 4.95. The van der Waals surface area contributed by atoms with E-state index < -0.39 is 0 Å². The number of aryl methyl sites for hydroxylation is 2. The normalized spacial score (nSPS) is 21.0. The summed E-state index contributed by atoms with van der Waals surface area (Å²) in [6.45, 7) is 8.52. The fourth-order valence-corrected chi connectivity index (χ4v) is 3.92. The molecule has 7 heteroatoms. The van der Waals surface area contributed by atoms with E-state index in [1.807, 2.05) is 17.9 Å². The van der Waals surface area contributed by atoms with E-state index in [0.29, 0.717) is 6.04 Å². The fraction of sp³-hybridized carbons (Fsp3) is 0.579. The standard InChI is InChI=1S/C19H28N6.ClH/c1-15-12-17(13-19(22-15)18-4-3-6-20-18)25-10-8-24(9-11-25)14-16-5-7-21-23(16)2;/h5,7,12-13,18,20H,3-4,6,8-11,14H2,1-2H3;1H. The van der Waals surface area contributed by atoms with Gasteiger partial charge >= 0.3 is 0 Å². The number of piperazine rings is 1. The molecule has 2 aromatic heterocycles. The number of hydrogen-bond acceptors (Lipinski definition) is 5. The van der Waals surface area contributed by atoms with Crippen molar-refractivity contribution < 1.29 is 0 Å². The SMILES string of the molecule is Cc1cc(N2CCN(Cc3ccnn3C)CC2)cc(C2CCCN2)n1.Cl. The van der Waals surface area contributed by atoms with Crippen molar-refractivity contribution in [3.63, 3.8) is 0 Å². The van der Waals surface area contributed by atoms with Crippen molar-refractivity contribution in [2.75, 3.05) is 37.6 Å². The summed E-state index contributed by atoms with van der Waals surface area (Å²) in [6, 6.07) is 7.08. The Morgan fingerprint density at radius 1 is 1.19 bits per heavy atom. The minimum absolute atomic E-state index is 0. The Bertz CT molecular complexity index is 717. The second-order valence-corrected chi connectivity index (χ2v) is 7.25. The zero-order valence-electron chi connectivity index (χ0n) is 15.7. The lowest BCUT2D eigenvalue weighted by Gasteiger charge is -2.36. The quantitative estimate of drug-likeness (QED) is 0.887. The van der Waals surface area contributed by atoms with E-state index in [-0.39, 0.29) is 12.4 Å². The predicted octanol–water partition coefficient (Wildman–Crippen LogP) is 2.29. The molecule has 1 N–H and O–H groups in total. The molecule has 1 atom stereocenters. The van der Waals surface area contributed by atoms with Crippen LogP contribution in [0.15, 0.2) is 24.4 Å². The van der Waals surface area contributed by atoms with E-state index in [4.69, 9.17) is 4.98 Å². The topological polar surface area (TPSA) is 49.2 Å². The zero-order chi connectivity index (χ0) is 17.2. The van der Waals surface area contributed by atoms with Gasteiger partial charge in [-0.3, -0.25) is 14.6 Å². The van der Waals surface area contributed by atoms with Gasteiger partial charge in [-0.05, 0) is 44.5 Å². The number of nitrogens with zero attached hydrogens (tertiary/aromatic N) is 5. The number of pyridine rings is 1. The predicted molar refractivity (Wildman–Crippen MR) is 107 cm³/mol. The molecule has 4 rings (SSSR count). The van der Waals surface area contributed by atoms with Gasteiger partial charge in [-0.2, -0.15) is 5.10 Å². The van der Waals surface area contributed by atoms with Crippen molar-refractivity contribution >= 4 is 18.1 Å². The molecular formula is C19H29ClN6. The van der Waals surface area contributed by atoms with Crippen LogP contribution < -0.4 is 10.2 Å². The molecular weight excluding hydrogens is 348 g/mol. The van der Waals surface area contributed by atoms with Crippen LogP contribution in [0, 0.1) is 6.92 Å². The van der Waals surface area contributed by atoms with Gasteiger partial charge in [0.1, 0.15) is 0 Å². The molecule has 2 aromatic rings. The van der Waals surface area contributed by atoms with Gasteiger partial charge in [0.25, 0.3) is 0 Å². The van der Waals surface area contributed by atoms with Gasteiger partial charge in [0.05, 0.1) is 11.4 Å². The Morgan fingerprint density at radius 2 is 2.00 bits per heavy atom. The highest BCUT2D eigenvalue weighted by Gasteiger charge is 2.22. The average molecular weight is 377 g/mol. The van der Waals surface area contributed by atoms with Gasteiger partial charge in [0.2, 0.25) is 0 Å². The molecule has 4 heterocycles. The number of halogens is 1. The van der Waals surface area contributed by atoms with Crippen LogP contribution in [0.5, 0.6) is 0 Å². The molecule has 26 heavy (non-hydrogen) atoms. The number of aromatic nitrogens is 3. The summed E-state index contributed by atoms with van der Waals surface area (Å²) in [4.78, 5) is 9.80. The van der Waals surface area contributed by atoms with E-state index in [1.165, 1.54) is 29.9 Å². The number of hydrogen-bond donors (Lipinski definition) is 1. The van der Waals surface area contributed by atoms with Gasteiger partial charge in [-0.25, -0.2) is 0 Å². The number of rotatable bonds is 4. The Labute approximate surface area is 162 Å². The fourth-order valence-electron chi connectivity index (χ4n) is 3.92. The highest BCUT2D eigenvalue weighted by Crippen LogP contribution is 2.26. The lowest BCUT2D eigenvalue weighted by molar-refractivity contribution is 0.243. The second-order valence-electron chi connectivity index (χ2n) is 7.25. The van der Waals surface area contributed by atoms with Crippen LogP contribution in [0.2, 0.25) is 0 Å². The highest BCUT2D eigenvalue weighted by molar-refractivity contribution is 5.85.